The predicted molar refractivity (Wildman–Crippen MR) is 271 cm³/mol. The van der Waals surface area contributed by atoms with Gasteiger partial charge in [-0.15, -0.1) is 0 Å². The molecule has 0 amide bonds. The molecular formula is C62H41NO. The van der Waals surface area contributed by atoms with Gasteiger partial charge in [-0.1, -0.05) is 194 Å². The Kier molecular flexibility index (Phi) is 9.20. The van der Waals surface area contributed by atoms with E-state index >= 15 is 0 Å². The summed E-state index contributed by atoms with van der Waals surface area (Å²) in [4.78, 5) is 2.35. The van der Waals surface area contributed by atoms with Gasteiger partial charge in [0.05, 0.1) is 0 Å². The van der Waals surface area contributed by atoms with Crippen LogP contribution in [0.1, 0.15) is 0 Å². The highest BCUT2D eigenvalue weighted by Crippen LogP contribution is 2.42. The van der Waals surface area contributed by atoms with E-state index < -0.39 is 0 Å². The van der Waals surface area contributed by atoms with Crippen LogP contribution in [0.3, 0.4) is 0 Å². The molecule has 12 aromatic rings. The van der Waals surface area contributed by atoms with Crippen molar-refractivity contribution in [1.29, 1.82) is 0 Å². The maximum Gasteiger partial charge on any atom is 0.136 e. The molecule has 0 saturated heterocycles. The minimum absolute atomic E-state index is 0.866. The lowest BCUT2D eigenvalue weighted by Gasteiger charge is -2.26. The molecule has 0 aliphatic heterocycles. The van der Waals surface area contributed by atoms with Gasteiger partial charge in [0, 0.05) is 28.0 Å². The van der Waals surface area contributed by atoms with Gasteiger partial charge in [0.1, 0.15) is 11.3 Å². The van der Waals surface area contributed by atoms with Gasteiger partial charge in [-0.25, -0.2) is 0 Å². The molecule has 0 spiro atoms. The molecular weight excluding hydrogens is 775 g/mol. The number of fused-ring (bicyclic) bond motifs is 5. The molecule has 1 heterocycles. The number of furan rings is 1. The van der Waals surface area contributed by atoms with Crippen molar-refractivity contribution in [3.8, 4) is 55.8 Å². The van der Waals surface area contributed by atoms with Gasteiger partial charge in [-0.3, -0.25) is 0 Å². The fraction of sp³-hybridized carbons (Fsp3) is 0. The van der Waals surface area contributed by atoms with E-state index in [1.54, 1.807) is 0 Å². The van der Waals surface area contributed by atoms with Crippen molar-refractivity contribution in [2.75, 3.05) is 4.90 Å². The second-order valence-corrected chi connectivity index (χ2v) is 16.5. The predicted octanol–water partition coefficient (Wildman–Crippen LogP) is 17.7. The molecule has 2 heteroatoms. The summed E-state index contributed by atoms with van der Waals surface area (Å²) < 4.78 is 6.35. The van der Waals surface area contributed by atoms with Gasteiger partial charge in [0.15, 0.2) is 0 Å². The second-order valence-electron chi connectivity index (χ2n) is 16.5. The van der Waals surface area contributed by atoms with Gasteiger partial charge in [0.2, 0.25) is 0 Å². The number of rotatable bonds is 8. The Labute approximate surface area is 372 Å². The minimum atomic E-state index is 0.866. The van der Waals surface area contributed by atoms with Crippen LogP contribution >= 0.6 is 0 Å². The highest BCUT2D eigenvalue weighted by atomic mass is 16.3. The second kappa shape index (κ2) is 15.8. The molecule has 12 rings (SSSR count). The molecule has 0 aliphatic carbocycles. The van der Waals surface area contributed by atoms with E-state index in [-0.39, 0.29) is 0 Å². The lowest BCUT2D eigenvalue weighted by molar-refractivity contribution is 0.632. The van der Waals surface area contributed by atoms with E-state index in [1.807, 2.05) is 12.1 Å². The first kappa shape index (κ1) is 37.3. The molecule has 0 N–H and O–H groups in total. The third kappa shape index (κ3) is 6.70. The van der Waals surface area contributed by atoms with Crippen molar-refractivity contribution in [2.45, 2.75) is 0 Å². The van der Waals surface area contributed by atoms with Crippen LogP contribution < -0.4 is 4.90 Å². The third-order valence-electron chi connectivity index (χ3n) is 12.7. The third-order valence-corrected chi connectivity index (χ3v) is 12.7. The molecule has 0 fully saturated rings. The summed E-state index contributed by atoms with van der Waals surface area (Å²) in [5.74, 6) is 0.866. The highest BCUT2D eigenvalue weighted by molar-refractivity contribution is 6.13. The monoisotopic (exact) mass is 815 g/mol. The SMILES string of the molecule is c1ccc(-c2cc3ccccc3o2)c(-c2ccc(N(c3ccc(-c4ccc(-c5cccc6ccccc56)cc4)cc3)c3ccc(-c4cc5ccccc5c5ccccc45)cc3)cc2)c1. The summed E-state index contributed by atoms with van der Waals surface area (Å²) in [5.41, 5.74) is 14.7. The van der Waals surface area contributed by atoms with E-state index in [0.717, 1.165) is 50.5 Å². The number of hydrogen-bond donors (Lipinski definition) is 0. The standard InChI is InChI=1S/C62H41NO/c1-4-16-53-44(12-1)15-11-22-54(53)45-26-24-42(25-27-45)43-28-34-50(35-29-43)63(52-38-32-47(33-39-52)60-40-48-13-2-5-18-56(48)57-19-7-8-20-58(57)60)51-36-30-46(31-37-51)55-17-6-9-21-59(55)62-41-49-14-3-10-23-61(49)64-62/h1-41H. The maximum absolute atomic E-state index is 6.35. The van der Waals surface area contributed by atoms with Crippen molar-refractivity contribution in [3.63, 3.8) is 0 Å². The van der Waals surface area contributed by atoms with Gasteiger partial charge in [-0.05, 0) is 131 Å². The van der Waals surface area contributed by atoms with Crippen molar-refractivity contribution < 1.29 is 4.42 Å². The van der Waals surface area contributed by atoms with Crippen LogP contribution in [0.5, 0.6) is 0 Å². The Hall–Kier alpha value is -8.46. The number of hydrogen-bond acceptors (Lipinski definition) is 2. The lowest BCUT2D eigenvalue weighted by Crippen LogP contribution is -2.09. The summed E-state index contributed by atoms with van der Waals surface area (Å²) in [6.07, 6.45) is 0. The fourth-order valence-electron chi connectivity index (χ4n) is 9.51. The molecule has 1 aromatic heterocycles. The Morgan fingerprint density at radius 3 is 1.36 bits per heavy atom. The molecule has 2 nitrogen and oxygen atoms in total. The summed E-state index contributed by atoms with van der Waals surface area (Å²) in [5, 5.41) is 8.66. The molecule has 0 atom stereocenters. The quantitative estimate of drug-likeness (QED) is 0.142. The summed E-state index contributed by atoms with van der Waals surface area (Å²) in [6, 6.07) is 89.6. The van der Waals surface area contributed by atoms with Crippen LogP contribution in [0.15, 0.2) is 253 Å². The zero-order valence-electron chi connectivity index (χ0n) is 35.0. The number of nitrogens with zero attached hydrogens (tertiary/aromatic N) is 1. The van der Waals surface area contributed by atoms with E-state index in [1.165, 1.54) is 65.7 Å². The first-order chi connectivity index (χ1) is 31.7. The van der Waals surface area contributed by atoms with Crippen LogP contribution in [-0.4, -0.2) is 0 Å². The van der Waals surface area contributed by atoms with Crippen molar-refractivity contribution in [1.82, 2.24) is 0 Å². The molecule has 11 aromatic carbocycles. The van der Waals surface area contributed by atoms with Crippen LogP contribution in [0.25, 0.3) is 99.1 Å². The zero-order chi connectivity index (χ0) is 42.4. The van der Waals surface area contributed by atoms with Crippen LogP contribution in [-0.2, 0) is 0 Å². The smallest absolute Gasteiger partial charge is 0.136 e. The van der Waals surface area contributed by atoms with Crippen molar-refractivity contribution in [3.05, 3.63) is 249 Å². The molecule has 0 bridgehead atoms. The summed E-state index contributed by atoms with van der Waals surface area (Å²) in [7, 11) is 0. The first-order valence-electron chi connectivity index (χ1n) is 21.9. The molecule has 0 radical (unpaired) electrons. The Morgan fingerprint density at radius 1 is 0.250 bits per heavy atom. The average molecular weight is 816 g/mol. The molecule has 0 aliphatic rings. The van der Waals surface area contributed by atoms with E-state index in [9.17, 15) is 0 Å². The van der Waals surface area contributed by atoms with Crippen LogP contribution in [0.2, 0.25) is 0 Å². The largest absolute Gasteiger partial charge is 0.456 e. The average Bonchev–Trinajstić information content (AvgIpc) is 3.81. The number of anilines is 3. The lowest BCUT2D eigenvalue weighted by atomic mass is 9.93. The van der Waals surface area contributed by atoms with Crippen LogP contribution in [0.4, 0.5) is 17.1 Å². The Balaban J connectivity index is 0.914. The van der Waals surface area contributed by atoms with E-state index in [0.29, 0.717) is 0 Å². The topological polar surface area (TPSA) is 16.4 Å². The molecule has 300 valence electrons. The zero-order valence-corrected chi connectivity index (χ0v) is 35.0. The van der Waals surface area contributed by atoms with Gasteiger partial charge in [-0.2, -0.15) is 0 Å². The fourth-order valence-corrected chi connectivity index (χ4v) is 9.51. The van der Waals surface area contributed by atoms with Crippen molar-refractivity contribution in [2.24, 2.45) is 0 Å². The van der Waals surface area contributed by atoms with Gasteiger partial charge < -0.3 is 9.32 Å². The molecule has 0 saturated carbocycles. The van der Waals surface area contributed by atoms with Crippen molar-refractivity contribution >= 4 is 60.3 Å². The Bertz CT molecular complexity index is 3600. The van der Waals surface area contributed by atoms with Gasteiger partial charge in [0.25, 0.3) is 0 Å². The maximum atomic E-state index is 6.35. The Morgan fingerprint density at radius 2 is 0.688 bits per heavy atom. The van der Waals surface area contributed by atoms with Crippen LogP contribution in [0, 0.1) is 0 Å². The molecule has 0 unspecified atom stereocenters. The highest BCUT2D eigenvalue weighted by Gasteiger charge is 2.17. The van der Waals surface area contributed by atoms with Gasteiger partial charge >= 0.3 is 0 Å². The van der Waals surface area contributed by atoms with E-state index in [4.69, 9.17) is 4.42 Å². The number of benzene rings is 11. The van der Waals surface area contributed by atoms with E-state index in [2.05, 4.69) is 241 Å². The first-order valence-corrected chi connectivity index (χ1v) is 21.9. The number of para-hydroxylation sites is 1. The minimum Gasteiger partial charge on any atom is -0.456 e. The summed E-state index contributed by atoms with van der Waals surface area (Å²) >= 11 is 0. The summed E-state index contributed by atoms with van der Waals surface area (Å²) in [6.45, 7) is 0. The molecule has 64 heavy (non-hydrogen) atoms. The normalized spacial score (nSPS) is 11.4.